The number of carbonyl (C=O) groups is 3. The average Bonchev–Trinajstić information content (AvgIpc) is 3.86. The number of fused-ring (bicyclic) bond motifs is 6. The molecule has 1 aliphatic carbocycles. The molecule has 3 fully saturated rings. The van der Waals surface area contributed by atoms with Gasteiger partial charge in [0.15, 0.2) is 6.10 Å². The van der Waals surface area contributed by atoms with Gasteiger partial charge in [0.2, 0.25) is 5.60 Å². The fourth-order valence-corrected chi connectivity index (χ4v) is 13.7. The van der Waals surface area contributed by atoms with Crippen molar-refractivity contribution < 1.29 is 38.4 Å². The molecule has 0 amide bonds. The standard InChI is InChI=1S/C46H58N4O8/c1-9-43-16-12-18-50-20-17-44(37(43)50)31-21-32(35(55-6)22-34(31)48(5)38(44)46(54,41(53)57-8)39(43)58-27(2)51)45(40(52)56-7)24-28-23-42(3,4)26-49(25-28)19-15-30-29-13-10-11-14-33(29)47-36(30)45/h10-14,16,21-22,28,37-39,47,54H,9,15,17-20,23-26H2,1-8H3/t28-,37-,38+,39+,43+,44+,45+,46-/m0/s1. The molecule has 1 saturated carbocycles. The van der Waals surface area contributed by atoms with Crippen molar-refractivity contribution >= 4 is 34.5 Å². The number of carbonyl (C=O) groups excluding carboxylic acids is 3. The van der Waals surface area contributed by atoms with Gasteiger partial charge in [0.1, 0.15) is 11.2 Å². The van der Waals surface area contributed by atoms with Crippen molar-refractivity contribution in [2.24, 2.45) is 16.7 Å². The second-order valence-corrected chi connectivity index (χ2v) is 18.8. The van der Waals surface area contributed by atoms with E-state index in [1.165, 1.54) is 21.1 Å². The van der Waals surface area contributed by atoms with Crippen molar-refractivity contribution in [3.8, 4) is 5.75 Å². The zero-order valence-corrected chi connectivity index (χ0v) is 35.1. The van der Waals surface area contributed by atoms with Gasteiger partial charge in [-0.25, -0.2) is 4.79 Å². The third-order valence-electron chi connectivity index (χ3n) is 15.2. The summed E-state index contributed by atoms with van der Waals surface area (Å²) in [6.07, 6.45) is 6.16. The molecule has 2 N–H and O–H groups in total. The lowest BCUT2D eigenvalue weighted by Crippen LogP contribution is -2.81. The number of para-hydroxylation sites is 1. The van der Waals surface area contributed by atoms with Gasteiger partial charge in [-0.15, -0.1) is 0 Å². The highest BCUT2D eigenvalue weighted by molar-refractivity contribution is 5.95. The van der Waals surface area contributed by atoms with Crippen LogP contribution in [0.1, 0.15) is 75.8 Å². The van der Waals surface area contributed by atoms with Gasteiger partial charge in [0.25, 0.3) is 0 Å². The Morgan fingerprint density at radius 3 is 2.45 bits per heavy atom. The van der Waals surface area contributed by atoms with Crippen molar-refractivity contribution in [1.29, 1.82) is 0 Å². The summed E-state index contributed by atoms with van der Waals surface area (Å²) >= 11 is 0. The molecule has 310 valence electrons. The predicted octanol–water partition coefficient (Wildman–Crippen LogP) is 4.88. The molecule has 6 aliphatic rings. The Balaban J connectivity index is 1.37. The van der Waals surface area contributed by atoms with Crippen LogP contribution >= 0.6 is 0 Å². The number of nitrogens with one attached hydrogen (secondary N) is 1. The van der Waals surface area contributed by atoms with E-state index < -0.39 is 45.9 Å². The van der Waals surface area contributed by atoms with Gasteiger partial charge in [0, 0.05) is 90.9 Å². The molecule has 58 heavy (non-hydrogen) atoms. The Kier molecular flexibility index (Phi) is 8.97. The SMILES string of the molecule is CC[C@]12C=CCN3CC[C@@]4(c5cc([C@]6(C(=O)OC)C[C@H]7CN(CCc8c6[nH]c6ccccc86)CC(C)(C)C7)c(OC)cc5N(C)[C@H]4[C@@](O)(C(=O)OC)[C@@H]1OC(C)=O)[C@@H]32. The number of esters is 3. The minimum absolute atomic E-state index is 0.0338. The molecule has 1 spiro atoms. The monoisotopic (exact) mass is 794 g/mol. The van der Waals surface area contributed by atoms with Crippen LogP contribution in [-0.4, -0.2) is 123 Å². The number of aromatic nitrogens is 1. The van der Waals surface area contributed by atoms with E-state index in [1.807, 2.05) is 31.0 Å². The summed E-state index contributed by atoms with van der Waals surface area (Å²) in [5.74, 6) is -1.14. The summed E-state index contributed by atoms with van der Waals surface area (Å²) in [6, 6.07) is 11.3. The van der Waals surface area contributed by atoms with Crippen LogP contribution in [-0.2, 0) is 45.8 Å². The number of piperidine rings is 1. The van der Waals surface area contributed by atoms with E-state index >= 15 is 4.79 Å². The van der Waals surface area contributed by atoms with Crippen molar-refractivity contribution in [2.45, 2.75) is 94.4 Å². The number of aliphatic hydroxyl groups is 1. The van der Waals surface area contributed by atoms with Crippen LogP contribution in [0.3, 0.4) is 0 Å². The Bertz CT molecular complexity index is 2230. The molecule has 1 aromatic heterocycles. The van der Waals surface area contributed by atoms with Crippen molar-refractivity contribution in [3.05, 3.63) is 70.9 Å². The van der Waals surface area contributed by atoms with E-state index in [2.05, 4.69) is 65.0 Å². The number of H-pyrrole nitrogens is 1. The van der Waals surface area contributed by atoms with Crippen LogP contribution < -0.4 is 9.64 Å². The summed E-state index contributed by atoms with van der Waals surface area (Å²) in [4.78, 5) is 53.5. The molecule has 2 aromatic carbocycles. The third-order valence-corrected chi connectivity index (χ3v) is 15.2. The topological polar surface area (TPSA) is 134 Å². The second kappa shape index (κ2) is 13.3. The summed E-state index contributed by atoms with van der Waals surface area (Å²) in [7, 11) is 6.27. The van der Waals surface area contributed by atoms with E-state index in [0.29, 0.717) is 43.7 Å². The fourth-order valence-electron chi connectivity index (χ4n) is 13.7. The number of aromatic amines is 1. The summed E-state index contributed by atoms with van der Waals surface area (Å²) in [6.45, 7) is 12.1. The van der Waals surface area contributed by atoms with Gasteiger partial charge in [-0.2, -0.15) is 0 Å². The summed E-state index contributed by atoms with van der Waals surface area (Å²) < 4.78 is 24.0. The number of ether oxygens (including phenoxy) is 4. The lowest BCUT2D eigenvalue weighted by atomic mass is 9.47. The molecule has 9 atom stereocenters. The van der Waals surface area contributed by atoms with Crippen molar-refractivity contribution in [2.75, 3.05) is 66.0 Å². The number of nitrogens with zero attached hydrogens (tertiary/aromatic N) is 3. The number of anilines is 1. The van der Waals surface area contributed by atoms with Crippen LogP contribution in [0.5, 0.6) is 5.75 Å². The largest absolute Gasteiger partial charge is 0.496 e. The first-order valence-electron chi connectivity index (χ1n) is 20.9. The quantitative estimate of drug-likeness (QED) is 0.201. The van der Waals surface area contributed by atoms with Gasteiger partial charge < -0.3 is 38.8 Å². The van der Waals surface area contributed by atoms with E-state index in [4.69, 9.17) is 18.9 Å². The highest BCUT2D eigenvalue weighted by Gasteiger charge is 2.80. The number of likely N-dealkylation sites (N-methyl/N-ethyl adjacent to an activating group) is 1. The van der Waals surface area contributed by atoms with Crippen LogP contribution in [0.2, 0.25) is 0 Å². The zero-order chi connectivity index (χ0) is 41.2. The molecule has 0 radical (unpaired) electrons. The number of rotatable bonds is 6. The van der Waals surface area contributed by atoms with Crippen molar-refractivity contribution in [1.82, 2.24) is 14.8 Å². The van der Waals surface area contributed by atoms with E-state index in [0.717, 1.165) is 65.9 Å². The number of methoxy groups -OCH3 is 3. The Morgan fingerprint density at radius 2 is 1.74 bits per heavy atom. The zero-order valence-electron chi connectivity index (χ0n) is 35.1. The maximum absolute atomic E-state index is 15.3. The average molecular weight is 795 g/mol. The third kappa shape index (κ3) is 5.00. The summed E-state index contributed by atoms with van der Waals surface area (Å²) in [5, 5.41) is 14.4. The number of benzene rings is 2. The lowest BCUT2D eigenvalue weighted by molar-refractivity contribution is -0.228. The van der Waals surface area contributed by atoms with Crippen LogP contribution in [0, 0.1) is 16.7 Å². The fraction of sp³-hybridized carbons (Fsp3) is 0.587. The van der Waals surface area contributed by atoms with Crippen molar-refractivity contribution in [3.63, 3.8) is 0 Å². The number of hydrogen-bond donors (Lipinski definition) is 2. The van der Waals surface area contributed by atoms with Crippen LogP contribution in [0.4, 0.5) is 5.69 Å². The molecule has 2 saturated heterocycles. The Morgan fingerprint density at radius 1 is 0.983 bits per heavy atom. The number of hydrogen-bond acceptors (Lipinski definition) is 11. The van der Waals surface area contributed by atoms with Crippen LogP contribution in [0.15, 0.2) is 48.6 Å². The molecule has 3 aromatic rings. The van der Waals surface area contributed by atoms with E-state index in [1.54, 1.807) is 7.11 Å². The smallest absolute Gasteiger partial charge is 0.344 e. The molecule has 5 aliphatic heterocycles. The first-order valence-corrected chi connectivity index (χ1v) is 20.9. The predicted molar refractivity (Wildman–Crippen MR) is 219 cm³/mol. The minimum atomic E-state index is -2.27. The van der Waals surface area contributed by atoms with E-state index in [-0.39, 0.29) is 23.3 Å². The molecule has 12 nitrogen and oxygen atoms in total. The molecule has 12 heteroatoms. The normalized spacial score (nSPS) is 35.7. The van der Waals surface area contributed by atoms with Gasteiger partial charge in [-0.3, -0.25) is 14.5 Å². The Labute approximate surface area is 340 Å². The van der Waals surface area contributed by atoms with Crippen LogP contribution in [0.25, 0.3) is 10.9 Å². The molecule has 6 heterocycles. The van der Waals surface area contributed by atoms with Gasteiger partial charge in [-0.1, -0.05) is 51.1 Å². The molecule has 1 unspecified atom stereocenters. The van der Waals surface area contributed by atoms with Gasteiger partial charge in [-0.05, 0) is 73.2 Å². The van der Waals surface area contributed by atoms with Gasteiger partial charge in [0.05, 0.1) is 27.4 Å². The molecular formula is C46H58N4O8. The van der Waals surface area contributed by atoms with E-state index in [9.17, 15) is 14.7 Å². The first kappa shape index (κ1) is 39.1. The highest BCUT2D eigenvalue weighted by Crippen LogP contribution is 2.68. The van der Waals surface area contributed by atoms with Gasteiger partial charge >= 0.3 is 17.9 Å². The highest BCUT2D eigenvalue weighted by atomic mass is 16.6. The second-order valence-electron chi connectivity index (χ2n) is 18.8. The minimum Gasteiger partial charge on any atom is -0.496 e. The molecular weight excluding hydrogens is 737 g/mol. The Hall–Kier alpha value is -4.39. The maximum Gasteiger partial charge on any atom is 0.344 e. The maximum atomic E-state index is 15.3. The molecule has 9 rings (SSSR count). The first-order chi connectivity index (χ1) is 27.7. The lowest BCUT2D eigenvalue weighted by Gasteiger charge is -2.63. The summed E-state index contributed by atoms with van der Waals surface area (Å²) in [5.41, 5.74) is -0.0944. The molecule has 2 bridgehead atoms.